The predicted molar refractivity (Wildman–Crippen MR) is 106 cm³/mol. The Kier molecular flexibility index (Phi) is 16.8. The number of aliphatic hydroxyl groups is 1. The van der Waals surface area contributed by atoms with Gasteiger partial charge in [0.25, 0.3) is 0 Å². The SMILES string of the molecule is CCCCCCCCCCCCC[N+](C)(CCO)C1CCCCC1.[Br-]. The summed E-state index contributed by atoms with van der Waals surface area (Å²) >= 11 is 0. The highest BCUT2D eigenvalue weighted by Gasteiger charge is 2.32. The van der Waals surface area contributed by atoms with Gasteiger partial charge in [0.1, 0.15) is 6.54 Å². The molecule has 1 aliphatic rings. The molecule has 1 saturated carbocycles. The number of nitrogens with zero attached hydrogens (tertiary/aromatic N) is 1. The molecule has 0 aromatic carbocycles. The van der Waals surface area contributed by atoms with Crippen molar-refractivity contribution in [3.63, 3.8) is 0 Å². The lowest BCUT2D eigenvalue weighted by molar-refractivity contribution is -0.935. The van der Waals surface area contributed by atoms with Crippen LogP contribution in [0.5, 0.6) is 0 Å². The lowest BCUT2D eigenvalue weighted by atomic mass is 9.92. The van der Waals surface area contributed by atoms with E-state index in [4.69, 9.17) is 0 Å². The largest absolute Gasteiger partial charge is 1.00 e. The molecule has 1 unspecified atom stereocenters. The molecule has 0 saturated heterocycles. The number of unbranched alkanes of at least 4 members (excludes halogenated alkanes) is 10. The van der Waals surface area contributed by atoms with Gasteiger partial charge in [-0.25, -0.2) is 0 Å². The van der Waals surface area contributed by atoms with Gasteiger partial charge >= 0.3 is 0 Å². The van der Waals surface area contributed by atoms with Crippen molar-refractivity contribution in [2.45, 2.75) is 116 Å². The first kappa shape index (κ1) is 25.4. The van der Waals surface area contributed by atoms with Crippen LogP contribution >= 0.6 is 0 Å². The maximum absolute atomic E-state index is 9.49. The fourth-order valence-electron chi connectivity index (χ4n) is 4.55. The standard InChI is InChI=1S/C22H46NO.BrH/c1-3-4-5-6-7-8-9-10-11-12-16-19-23(2,20-21-24)22-17-14-13-15-18-22;/h22,24H,3-21H2,1-2H3;1H/q+1;/p-1. The number of halogens is 1. The molecule has 152 valence electrons. The van der Waals surface area contributed by atoms with Crippen LogP contribution in [0.15, 0.2) is 0 Å². The second-order valence-electron chi connectivity index (χ2n) is 8.48. The number of quaternary nitrogens is 1. The van der Waals surface area contributed by atoms with E-state index in [1.807, 2.05) is 0 Å². The highest BCUT2D eigenvalue weighted by Crippen LogP contribution is 2.27. The van der Waals surface area contributed by atoms with Gasteiger partial charge in [0, 0.05) is 0 Å². The zero-order chi connectivity index (χ0) is 17.5. The van der Waals surface area contributed by atoms with Crippen molar-refractivity contribution in [2.75, 3.05) is 26.7 Å². The molecule has 0 aliphatic heterocycles. The Morgan fingerprint density at radius 3 is 1.68 bits per heavy atom. The van der Waals surface area contributed by atoms with E-state index in [1.165, 1.54) is 109 Å². The molecule has 0 bridgehead atoms. The van der Waals surface area contributed by atoms with Crippen molar-refractivity contribution in [2.24, 2.45) is 0 Å². The number of aliphatic hydroxyl groups excluding tert-OH is 1. The highest BCUT2D eigenvalue weighted by atomic mass is 79.9. The molecule has 2 nitrogen and oxygen atoms in total. The first-order chi connectivity index (χ1) is 11.7. The Labute approximate surface area is 169 Å². The van der Waals surface area contributed by atoms with Crippen molar-refractivity contribution in [1.82, 2.24) is 0 Å². The molecule has 0 aromatic rings. The van der Waals surface area contributed by atoms with Gasteiger partial charge in [-0.2, -0.15) is 0 Å². The van der Waals surface area contributed by atoms with Crippen LogP contribution in [0.3, 0.4) is 0 Å². The monoisotopic (exact) mass is 419 g/mol. The maximum atomic E-state index is 9.49. The molecule has 3 heteroatoms. The Morgan fingerprint density at radius 1 is 0.720 bits per heavy atom. The van der Waals surface area contributed by atoms with Gasteiger partial charge in [-0.15, -0.1) is 0 Å². The Morgan fingerprint density at radius 2 is 1.20 bits per heavy atom. The van der Waals surface area contributed by atoms with Crippen LogP contribution in [0.4, 0.5) is 0 Å². The normalized spacial score (nSPS) is 17.9. The van der Waals surface area contributed by atoms with Crippen LogP contribution in [-0.2, 0) is 0 Å². The van der Waals surface area contributed by atoms with E-state index in [2.05, 4.69) is 14.0 Å². The predicted octanol–water partition coefficient (Wildman–Crippen LogP) is 3.07. The summed E-state index contributed by atoms with van der Waals surface area (Å²) < 4.78 is 1.13. The molecule has 1 rings (SSSR count). The van der Waals surface area contributed by atoms with Crippen molar-refractivity contribution in [3.8, 4) is 0 Å². The average molecular weight is 421 g/mol. The summed E-state index contributed by atoms with van der Waals surface area (Å²) in [7, 11) is 2.41. The van der Waals surface area contributed by atoms with E-state index in [-0.39, 0.29) is 17.0 Å². The molecule has 1 N–H and O–H groups in total. The third-order valence-electron chi connectivity index (χ3n) is 6.34. The number of rotatable bonds is 15. The lowest BCUT2D eigenvalue weighted by Crippen LogP contribution is -3.00. The molecule has 0 spiro atoms. The van der Waals surface area contributed by atoms with E-state index < -0.39 is 0 Å². The fourth-order valence-corrected chi connectivity index (χ4v) is 4.55. The molecule has 0 heterocycles. The lowest BCUT2D eigenvalue weighted by Gasteiger charge is -2.43. The summed E-state index contributed by atoms with van der Waals surface area (Å²) in [6.07, 6.45) is 22.6. The smallest absolute Gasteiger partial charge is 0.102 e. The quantitative estimate of drug-likeness (QED) is 0.319. The van der Waals surface area contributed by atoms with Crippen LogP contribution in [-0.4, -0.2) is 42.4 Å². The summed E-state index contributed by atoms with van der Waals surface area (Å²) in [5, 5.41) is 9.49. The van der Waals surface area contributed by atoms with Gasteiger partial charge in [0.2, 0.25) is 0 Å². The van der Waals surface area contributed by atoms with E-state index in [9.17, 15) is 5.11 Å². The van der Waals surface area contributed by atoms with Gasteiger partial charge in [-0.1, -0.05) is 71.1 Å². The van der Waals surface area contributed by atoms with Gasteiger partial charge in [0.05, 0.1) is 26.2 Å². The third-order valence-corrected chi connectivity index (χ3v) is 6.34. The van der Waals surface area contributed by atoms with Gasteiger partial charge < -0.3 is 26.6 Å². The third kappa shape index (κ3) is 11.7. The molecular formula is C22H46BrNO. The van der Waals surface area contributed by atoms with Crippen LogP contribution < -0.4 is 17.0 Å². The molecule has 1 atom stereocenters. The fraction of sp³-hybridized carbons (Fsp3) is 1.00. The first-order valence-corrected chi connectivity index (χ1v) is 11.2. The Hall–Kier alpha value is 0.400. The minimum atomic E-state index is 0. The Bertz CT molecular complexity index is 281. The first-order valence-electron chi connectivity index (χ1n) is 11.2. The minimum Gasteiger partial charge on any atom is -1.00 e. The van der Waals surface area contributed by atoms with Crippen molar-refractivity contribution < 1.29 is 26.6 Å². The summed E-state index contributed by atoms with van der Waals surface area (Å²) in [5.41, 5.74) is 0. The van der Waals surface area contributed by atoms with Crippen molar-refractivity contribution >= 4 is 0 Å². The second-order valence-corrected chi connectivity index (χ2v) is 8.48. The highest BCUT2D eigenvalue weighted by molar-refractivity contribution is 4.67. The topological polar surface area (TPSA) is 20.2 Å². The van der Waals surface area contributed by atoms with E-state index >= 15 is 0 Å². The summed E-state index contributed by atoms with van der Waals surface area (Å²) in [4.78, 5) is 0. The zero-order valence-corrected chi connectivity index (χ0v) is 18.9. The van der Waals surface area contributed by atoms with E-state index in [1.54, 1.807) is 0 Å². The van der Waals surface area contributed by atoms with Crippen LogP contribution in [0.1, 0.15) is 110 Å². The van der Waals surface area contributed by atoms with Crippen LogP contribution in [0, 0.1) is 0 Å². The zero-order valence-electron chi connectivity index (χ0n) is 17.3. The molecule has 0 aromatic heterocycles. The number of hydrogen-bond acceptors (Lipinski definition) is 1. The molecule has 25 heavy (non-hydrogen) atoms. The van der Waals surface area contributed by atoms with Gasteiger partial charge in [-0.05, 0) is 38.5 Å². The van der Waals surface area contributed by atoms with Crippen molar-refractivity contribution in [3.05, 3.63) is 0 Å². The summed E-state index contributed by atoms with van der Waals surface area (Å²) in [6, 6.07) is 0.814. The van der Waals surface area contributed by atoms with Crippen molar-refractivity contribution in [1.29, 1.82) is 0 Å². The molecular weight excluding hydrogens is 374 g/mol. The Balaban J connectivity index is 0.00000576. The summed E-state index contributed by atoms with van der Waals surface area (Å²) in [6.45, 7) is 4.88. The molecule has 0 radical (unpaired) electrons. The molecule has 1 fully saturated rings. The molecule has 1 aliphatic carbocycles. The molecule has 0 amide bonds. The number of likely N-dealkylation sites (N-methyl/N-ethyl adjacent to an activating group) is 1. The minimum absolute atomic E-state index is 0. The summed E-state index contributed by atoms with van der Waals surface area (Å²) in [5.74, 6) is 0. The van der Waals surface area contributed by atoms with Crippen LogP contribution in [0.25, 0.3) is 0 Å². The van der Waals surface area contributed by atoms with Gasteiger partial charge in [-0.3, -0.25) is 0 Å². The van der Waals surface area contributed by atoms with Gasteiger partial charge in [0.15, 0.2) is 0 Å². The van der Waals surface area contributed by atoms with E-state index in [0.29, 0.717) is 6.61 Å². The number of hydrogen-bond donors (Lipinski definition) is 1. The maximum Gasteiger partial charge on any atom is 0.102 e. The second kappa shape index (κ2) is 16.6. The average Bonchev–Trinajstić information content (AvgIpc) is 2.61. The van der Waals surface area contributed by atoms with Crippen LogP contribution in [0.2, 0.25) is 0 Å². The van der Waals surface area contributed by atoms with E-state index in [0.717, 1.165) is 17.1 Å².